The molecule has 9 nitrogen and oxygen atoms in total. The van der Waals surface area contributed by atoms with E-state index in [1.165, 1.54) is 0 Å². The Hall–Kier alpha value is -2.23. The van der Waals surface area contributed by atoms with E-state index in [-0.39, 0.29) is 30.2 Å². The number of aliphatic hydroxyl groups is 1. The third-order valence-corrected chi connectivity index (χ3v) is 14.4. The Morgan fingerprint density at radius 1 is 0.886 bits per heavy atom. The fraction of sp³-hybridized carbons (Fsp3) is 0.800. The van der Waals surface area contributed by atoms with E-state index in [1.807, 2.05) is 19.9 Å². The molecule has 0 amide bonds. The van der Waals surface area contributed by atoms with Crippen LogP contribution in [0.15, 0.2) is 23.0 Å². The first kappa shape index (κ1) is 28.0. The molecular weight excluding hydrogens is 564 g/mol. The number of fused-ring (bicyclic) bond motifs is 2. The van der Waals surface area contributed by atoms with Gasteiger partial charge in [0.1, 0.15) is 24.4 Å². The first-order chi connectivity index (χ1) is 21.0. The van der Waals surface area contributed by atoms with Gasteiger partial charge in [0.15, 0.2) is 11.9 Å². The minimum absolute atomic E-state index is 0.0439. The van der Waals surface area contributed by atoms with Gasteiger partial charge in [0.05, 0.1) is 35.6 Å². The molecule has 4 saturated carbocycles. The molecule has 4 aliphatic carbocycles. The van der Waals surface area contributed by atoms with E-state index in [0.29, 0.717) is 25.7 Å². The Bertz CT molecular complexity index is 1420. The number of epoxide rings is 1. The van der Waals surface area contributed by atoms with Gasteiger partial charge in [-0.25, -0.2) is 4.79 Å². The molecule has 0 aromatic carbocycles. The normalized spacial score (nSPS) is 50.1. The van der Waals surface area contributed by atoms with Gasteiger partial charge in [-0.1, -0.05) is 39.0 Å². The zero-order chi connectivity index (χ0) is 30.5. The van der Waals surface area contributed by atoms with Crippen LogP contribution >= 0.6 is 0 Å². The van der Waals surface area contributed by atoms with Crippen LogP contribution in [-0.2, 0) is 33.3 Å². The molecule has 44 heavy (non-hydrogen) atoms. The summed E-state index contributed by atoms with van der Waals surface area (Å²) in [7, 11) is 0. The summed E-state index contributed by atoms with van der Waals surface area (Å²) >= 11 is 0. The SMILES string of the molecule is CC1(C)O[C@H]2C3(CCCC3)C(=O)OC[C@]23C2CC[C@@]4(C)[C@H](c5ccoc5)OC(=O)[C@H]5O[C@@]54[C@]2(C2CCCCC2)[C@H](O)C(=O)[C@H]13. The molecule has 1 aromatic rings. The van der Waals surface area contributed by atoms with E-state index in [9.17, 15) is 14.7 Å². The molecule has 238 valence electrons. The van der Waals surface area contributed by atoms with Crippen LogP contribution in [-0.4, -0.2) is 58.9 Å². The Balaban J connectivity index is 1.32. The van der Waals surface area contributed by atoms with Gasteiger partial charge < -0.3 is 28.5 Å². The lowest BCUT2D eigenvalue weighted by Gasteiger charge is -2.70. The van der Waals surface area contributed by atoms with E-state index in [1.54, 1.807) is 12.5 Å². The van der Waals surface area contributed by atoms with Crippen molar-refractivity contribution in [3.8, 4) is 0 Å². The van der Waals surface area contributed by atoms with E-state index >= 15 is 4.79 Å². The van der Waals surface area contributed by atoms with Crippen LogP contribution in [0.25, 0.3) is 0 Å². The fourth-order valence-electron chi connectivity index (χ4n) is 13.2. The highest BCUT2D eigenvalue weighted by molar-refractivity contribution is 5.92. The smallest absolute Gasteiger partial charge is 0.339 e. The van der Waals surface area contributed by atoms with Gasteiger partial charge in [-0.2, -0.15) is 0 Å². The number of furan rings is 1. The van der Waals surface area contributed by atoms with Crippen molar-refractivity contribution in [3.05, 3.63) is 24.2 Å². The van der Waals surface area contributed by atoms with E-state index in [2.05, 4.69) is 6.92 Å². The second-order valence-corrected chi connectivity index (χ2v) is 16.3. The molecule has 3 spiro atoms. The largest absolute Gasteiger partial charge is 0.472 e. The second-order valence-electron chi connectivity index (χ2n) is 16.3. The summed E-state index contributed by atoms with van der Waals surface area (Å²) in [5, 5.41) is 12.8. The molecule has 1 aromatic heterocycles. The predicted octanol–water partition coefficient (Wildman–Crippen LogP) is 4.84. The van der Waals surface area contributed by atoms with E-state index in [4.69, 9.17) is 23.4 Å². The van der Waals surface area contributed by atoms with Crippen LogP contribution in [0.5, 0.6) is 0 Å². The average molecular weight is 609 g/mol. The van der Waals surface area contributed by atoms with Gasteiger partial charge in [-0.3, -0.25) is 9.59 Å². The van der Waals surface area contributed by atoms with Gasteiger partial charge in [0.2, 0.25) is 0 Å². The molecule has 5 heterocycles. The average Bonchev–Trinajstić information content (AvgIpc) is 3.32. The van der Waals surface area contributed by atoms with Crippen LogP contribution in [0.1, 0.15) is 103 Å². The molecule has 9 heteroatoms. The molecule has 4 aliphatic heterocycles. The molecule has 1 unspecified atom stereocenters. The molecule has 8 aliphatic rings. The van der Waals surface area contributed by atoms with Crippen molar-refractivity contribution < 1.29 is 42.9 Å². The molecule has 8 fully saturated rings. The first-order valence-corrected chi connectivity index (χ1v) is 17.0. The summed E-state index contributed by atoms with van der Waals surface area (Å²) in [6, 6.07) is 1.84. The van der Waals surface area contributed by atoms with Crippen LogP contribution < -0.4 is 0 Å². The highest BCUT2D eigenvalue weighted by Gasteiger charge is 2.93. The third kappa shape index (κ3) is 2.81. The van der Waals surface area contributed by atoms with Crippen LogP contribution in [0.2, 0.25) is 0 Å². The van der Waals surface area contributed by atoms with Gasteiger partial charge in [0.25, 0.3) is 0 Å². The monoisotopic (exact) mass is 608 g/mol. The molecule has 0 radical (unpaired) electrons. The molecule has 0 bridgehead atoms. The van der Waals surface area contributed by atoms with Crippen molar-refractivity contribution >= 4 is 17.7 Å². The van der Waals surface area contributed by atoms with Crippen molar-refractivity contribution in [1.82, 2.24) is 0 Å². The summed E-state index contributed by atoms with van der Waals surface area (Å²) in [6.07, 6.45) is 9.19. The Labute approximate surface area is 257 Å². The van der Waals surface area contributed by atoms with Gasteiger partial charge in [-0.15, -0.1) is 0 Å². The van der Waals surface area contributed by atoms with Crippen molar-refractivity contribution in [1.29, 1.82) is 0 Å². The Morgan fingerprint density at radius 3 is 2.34 bits per heavy atom. The second kappa shape index (κ2) is 8.56. The standard InChI is InChI=1S/C35H44O9/c1-30(2)23-22(36)24(37)34(20-9-5-4-6-10-20)21(33(23)18-41-29(39)32(28(33)44-30)13-7-8-14-32)11-15-31(3)25(19-12-16-40-17-19)42-27(38)26-35(31,34)43-26/h12,16-17,20-21,23-26,28,37H,4-11,13-15,18H2,1-3H3/t21?,23-,24-,25+,26-,28+,31+,33-,34+,35+/m1/s1. The highest BCUT2D eigenvalue weighted by atomic mass is 16.7. The van der Waals surface area contributed by atoms with Crippen LogP contribution in [0.3, 0.4) is 0 Å². The van der Waals surface area contributed by atoms with E-state index in [0.717, 1.165) is 50.5 Å². The number of carbonyl (C=O) groups is 3. The first-order valence-electron chi connectivity index (χ1n) is 17.0. The topological polar surface area (TPSA) is 125 Å². The maximum atomic E-state index is 15.1. The van der Waals surface area contributed by atoms with Gasteiger partial charge in [-0.05, 0) is 70.3 Å². The molecule has 9 rings (SSSR count). The summed E-state index contributed by atoms with van der Waals surface area (Å²) < 4.78 is 31.7. The Kier molecular flexibility index (Phi) is 5.46. The van der Waals surface area contributed by atoms with Crippen molar-refractivity contribution in [3.63, 3.8) is 0 Å². The highest BCUT2D eigenvalue weighted by Crippen LogP contribution is 2.83. The fourth-order valence-corrected chi connectivity index (χ4v) is 13.2. The van der Waals surface area contributed by atoms with Gasteiger partial charge in [0, 0.05) is 21.8 Å². The summed E-state index contributed by atoms with van der Waals surface area (Å²) in [5.74, 6) is -1.81. The third-order valence-electron chi connectivity index (χ3n) is 14.4. The summed E-state index contributed by atoms with van der Waals surface area (Å²) in [6.45, 7) is 6.14. The van der Waals surface area contributed by atoms with Crippen molar-refractivity contribution in [2.24, 2.45) is 39.4 Å². The van der Waals surface area contributed by atoms with Crippen LogP contribution in [0, 0.1) is 39.4 Å². The molecule has 4 saturated heterocycles. The maximum absolute atomic E-state index is 15.1. The quantitative estimate of drug-likeness (QED) is 0.371. The zero-order valence-corrected chi connectivity index (χ0v) is 26.0. The number of rotatable bonds is 2. The summed E-state index contributed by atoms with van der Waals surface area (Å²) in [4.78, 5) is 42.7. The number of carbonyl (C=O) groups excluding carboxylic acids is 3. The summed E-state index contributed by atoms with van der Waals surface area (Å²) in [5.41, 5.74) is -4.65. The minimum atomic E-state index is -1.34. The van der Waals surface area contributed by atoms with Gasteiger partial charge >= 0.3 is 11.9 Å². The lowest BCUT2D eigenvalue weighted by Crippen LogP contribution is -2.79. The Morgan fingerprint density at radius 2 is 1.64 bits per heavy atom. The number of aliphatic hydroxyl groups excluding tert-OH is 1. The van der Waals surface area contributed by atoms with Crippen molar-refractivity contribution in [2.45, 2.75) is 127 Å². The number of ketones is 1. The predicted molar refractivity (Wildman–Crippen MR) is 153 cm³/mol. The molecule has 1 N–H and O–H groups in total. The molecular formula is C35H44O9. The van der Waals surface area contributed by atoms with Crippen LogP contribution in [0.4, 0.5) is 0 Å². The number of Topliss-reactive ketones (excluding diaryl/α,β-unsaturated/α-hetero) is 1. The number of hydrogen-bond donors (Lipinski definition) is 1. The number of ether oxygens (including phenoxy) is 4. The maximum Gasteiger partial charge on any atom is 0.339 e. The van der Waals surface area contributed by atoms with Crippen molar-refractivity contribution in [2.75, 3.05) is 6.61 Å². The lowest BCUT2D eigenvalue weighted by atomic mass is 9.32. The zero-order valence-electron chi connectivity index (χ0n) is 26.0. The minimum Gasteiger partial charge on any atom is -0.472 e. The van der Waals surface area contributed by atoms with E-state index < -0.39 is 69.2 Å². The lowest BCUT2D eigenvalue weighted by molar-refractivity contribution is -0.284. The number of cyclic esters (lactones) is 2. The molecule has 10 atom stereocenters. The number of esters is 2. The number of hydrogen-bond acceptors (Lipinski definition) is 9.